The van der Waals surface area contributed by atoms with E-state index in [4.69, 9.17) is 0 Å². The van der Waals surface area contributed by atoms with Gasteiger partial charge >= 0.3 is 0 Å². The Morgan fingerprint density at radius 2 is 1.91 bits per heavy atom. The first-order valence-corrected chi connectivity index (χ1v) is 8.86. The SMILES string of the molecule is CC(C)CCNC(=O)c1ccc(N2C(=O)CCS2(=O)=O)cc1. The molecule has 22 heavy (non-hydrogen) atoms. The average Bonchev–Trinajstić information content (AvgIpc) is 2.72. The molecular weight excluding hydrogens is 304 g/mol. The van der Waals surface area contributed by atoms with E-state index >= 15 is 0 Å². The van der Waals surface area contributed by atoms with Crippen LogP contribution in [0.4, 0.5) is 5.69 Å². The summed E-state index contributed by atoms with van der Waals surface area (Å²) < 4.78 is 24.5. The summed E-state index contributed by atoms with van der Waals surface area (Å²) in [5, 5.41) is 2.81. The largest absolute Gasteiger partial charge is 0.352 e. The van der Waals surface area contributed by atoms with E-state index in [1.54, 1.807) is 0 Å². The zero-order valence-corrected chi connectivity index (χ0v) is 13.5. The number of rotatable bonds is 5. The van der Waals surface area contributed by atoms with E-state index in [-0.39, 0.29) is 23.8 Å². The topological polar surface area (TPSA) is 83.6 Å². The fraction of sp³-hybridized carbons (Fsp3) is 0.467. The first-order valence-electron chi connectivity index (χ1n) is 7.25. The van der Waals surface area contributed by atoms with Crippen molar-refractivity contribution in [3.63, 3.8) is 0 Å². The zero-order chi connectivity index (χ0) is 16.3. The van der Waals surface area contributed by atoms with Crippen molar-refractivity contribution < 1.29 is 18.0 Å². The van der Waals surface area contributed by atoms with Crippen LogP contribution in [-0.2, 0) is 14.8 Å². The van der Waals surface area contributed by atoms with Crippen LogP contribution in [0.2, 0.25) is 0 Å². The van der Waals surface area contributed by atoms with Gasteiger partial charge in [-0.1, -0.05) is 13.8 Å². The molecule has 6 nitrogen and oxygen atoms in total. The van der Waals surface area contributed by atoms with Gasteiger partial charge in [0.25, 0.3) is 5.91 Å². The number of hydrogen-bond acceptors (Lipinski definition) is 4. The second-order valence-electron chi connectivity index (χ2n) is 5.71. The zero-order valence-electron chi connectivity index (χ0n) is 12.7. The highest BCUT2D eigenvalue weighted by atomic mass is 32.2. The summed E-state index contributed by atoms with van der Waals surface area (Å²) in [6.07, 6.45) is 0.893. The van der Waals surface area contributed by atoms with Crippen molar-refractivity contribution in [2.24, 2.45) is 5.92 Å². The minimum absolute atomic E-state index is 0.000225. The highest BCUT2D eigenvalue weighted by Gasteiger charge is 2.36. The Kier molecular flexibility index (Phi) is 4.85. The third-order valence-electron chi connectivity index (χ3n) is 3.45. The Bertz CT molecular complexity index is 665. The van der Waals surface area contributed by atoms with Gasteiger partial charge in [0.1, 0.15) is 0 Å². The summed E-state index contributed by atoms with van der Waals surface area (Å²) in [4.78, 5) is 23.6. The Balaban J connectivity index is 2.07. The molecule has 120 valence electrons. The fourth-order valence-electron chi connectivity index (χ4n) is 2.19. The number of nitrogens with zero attached hydrogens (tertiary/aromatic N) is 1. The summed E-state index contributed by atoms with van der Waals surface area (Å²) in [6.45, 7) is 4.75. The normalized spacial score (nSPS) is 17.0. The summed E-state index contributed by atoms with van der Waals surface area (Å²) >= 11 is 0. The smallest absolute Gasteiger partial charge is 0.251 e. The van der Waals surface area contributed by atoms with Crippen LogP contribution in [0.5, 0.6) is 0 Å². The highest BCUT2D eigenvalue weighted by Crippen LogP contribution is 2.25. The van der Waals surface area contributed by atoms with Gasteiger partial charge in [-0.15, -0.1) is 0 Å². The number of hydrogen-bond donors (Lipinski definition) is 1. The number of sulfonamides is 1. The molecular formula is C15H20N2O4S. The molecule has 0 unspecified atom stereocenters. The number of nitrogens with one attached hydrogen (secondary N) is 1. The van der Waals surface area contributed by atoms with E-state index in [0.29, 0.717) is 18.0 Å². The molecule has 2 amide bonds. The van der Waals surface area contributed by atoms with Gasteiger partial charge in [0, 0.05) is 18.5 Å². The quantitative estimate of drug-likeness (QED) is 0.890. The molecule has 1 fully saturated rings. The van der Waals surface area contributed by atoms with Gasteiger partial charge in [-0.3, -0.25) is 9.59 Å². The first kappa shape index (κ1) is 16.5. The predicted molar refractivity (Wildman–Crippen MR) is 84.1 cm³/mol. The highest BCUT2D eigenvalue weighted by molar-refractivity contribution is 7.94. The molecule has 0 spiro atoms. The van der Waals surface area contributed by atoms with Crippen molar-refractivity contribution in [2.75, 3.05) is 16.6 Å². The van der Waals surface area contributed by atoms with E-state index in [0.717, 1.165) is 10.7 Å². The van der Waals surface area contributed by atoms with Crippen molar-refractivity contribution in [3.05, 3.63) is 29.8 Å². The second-order valence-corrected chi connectivity index (χ2v) is 7.65. The van der Waals surface area contributed by atoms with Gasteiger partial charge in [0.05, 0.1) is 11.4 Å². The summed E-state index contributed by atoms with van der Waals surface area (Å²) in [5.74, 6) is -0.297. The monoisotopic (exact) mass is 324 g/mol. The molecule has 0 radical (unpaired) electrons. The molecule has 1 aromatic rings. The molecule has 1 N–H and O–H groups in total. The van der Waals surface area contributed by atoms with Gasteiger partial charge in [0.15, 0.2) is 0 Å². The van der Waals surface area contributed by atoms with Gasteiger partial charge in [0.2, 0.25) is 15.9 Å². The second kappa shape index (κ2) is 6.48. The minimum Gasteiger partial charge on any atom is -0.352 e. The number of carbonyl (C=O) groups is 2. The van der Waals surface area contributed by atoms with Gasteiger partial charge in [-0.2, -0.15) is 0 Å². The molecule has 1 aliphatic heterocycles. The van der Waals surface area contributed by atoms with Crippen LogP contribution in [0, 0.1) is 5.92 Å². The van der Waals surface area contributed by atoms with Crippen molar-refractivity contribution in [2.45, 2.75) is 26.7 Å². The van der Waals surface area contributed by atoms with E-state index < -0.39 is 15.9 Å². The van der Waals surface area contributed by atoms with Crippen molar-refractivity contribution >= 4 is 27.5 Å². The van der Waals surface area contributed by atoms with E-state index in [2.05, 4.69) is 19.2 Å². The summed E-state index contributed by atoms with van der Waals surface area (Å²) in [7, 11) is -3.56. The number of amides is 2. The standard InChI is InChI=1S/C15H20N2O4S/c1-11(2)7-9-16-15(19)12-3-5-13(6-4-12)17-14(18)8-10-22(17,20)21/h3-6,11H,7-10H2,1-2H3,(H,16,19). The number of carbonyl (C=O) groups excluding carboxylic acids is 2. The van der Waals surface area contributed by atoms with Gasteiger partial charge in [-0.25, -0.2) is 12.7 Å². The fourth-order valence-corrected chi connectivity index (χ4v) is 3.65. The molecule has 0 bridgehead atoms. The lowest BCUT2D eigenvalue weighted by atomic mass is 10.1. The van der Waals surface area contributed by atoms with Crippen LogP contribution in [0.1, 0.15) is 37.0 Å². The van der Waals surface area contributed by atoms with Crippen LogP contribution in [0.15, 0.2) is 24.3 Å². The lowest BCUT2D eigenvalue weighted by Gasteiger charge is -2.15. The summed E-state index contributed by atoms with van der Waals surface area (Å²) in [6, 6.07) is 6.03. The Morgan fingerprint density at radius 3 is 2.41 bits per heavy atom. The third kappa shape index (κ3) is 3.65. The molecule has 0 saturated carbocycles. The minimum atomic E-state index is -3.56. The van der Waals surface area contributed by atoms with E-state index in [1.165, 1.54) is 24.3 Å². The Labute approximate surface area is 130 Å². The lowest BCUT2D eigenvalue weighted by Crippen LogP contribution is -2.29. The average molecular weight is 324 g/mol. The van der Waals surface area contributed by atoms with Crippen molar-refractivity contribution in [1.82, 2.24) is 5.32 Å². The molecule has 2 rings (SSSR count). The molecule has 0 aromatic heterocycles. The van der Waals surface area contributed by atoms with Crippen LogP contribution in [0.3, 0.4) is 0 Å². The molecule has 1 aromatic carbocycles. The van der Waals surface area contributed by atoms with E-state index in [1.807, 2.05) is 0 Å². The van der Waals surface area contributed by atoms with Gasteiger partial charge in [-0.05, 0) is 36.6 Å². The Hall–Kier alpha value is -1.89. The predicted octanol–water partition coefficient (Wildman–Crippen LogP) is 1.53. The lowest BCUT2D eigenvalue weighted by molar-refractivity contribution is -0.116. The molecule has 7 heteroatoms. The third-order valence-corrected chi connectivity index (χ3v) is 5.14. The van der Waals surface area contributed by atoms with Gasteiger partial charge < -0.3 is 5.32 Å². The Morgan fingerprint density at radius 1 is 1.27 bits per heavy atom. The molecule has 1 saturated heterocycles. The number of anilines is 1. The van der Waals surface area contributed by atoms with E-state index in [9.17, 15) is 18.0 Å². The molecule has 0 atom stereocenters. The van der Waals surface area contributed by atoms with Crippen LogP contribution in [0.25, 0.3) is 0 Å². The molecule has 0 aliphatic carbocycles. The van der Waals surface area contributed by atoms with Crippen molar-refractivity contribution in [1.29, 1.82) is 0 Å². The maximum absolute atomic E-state index is 11.9. The summed E-state index contributed by atoms with van der Waals surface area (Å²) in [5.41, 5.74) is 0.720. The van der Waals surface area contributed by atoms with Crippen LogP contribution < -0.4 is 9.62 Å². The van der Waals surface area contributed by atoms with Crippen molar-refractivity contribution in [3.8, 4) is 0 Å². The van der Waals surface area contributed by atoms with Crippen LogP contribution >= 0.6 is 0 Å². The maximum atomic E-state index is 11.9. The number of benzene rings is 1. The first-order chi connectivity index (χ1) is 10.3. The maximum Gasteiger partial charge on any atom is 0.251 e. The molecule has 1 heterocycles. The van der Waals surface area contributed by atoms with Crippen LogP contribution in [-0.4, -0.2) is 32.5 Å². The molecule has 1 aliphatic rings.